The van der Waals surface area contributed by atoms with Crippen LogP contribution in [0.1, 0.15) is 0 Å². The summed E-state index contributed by atoms with van der Waals surface area (Å²) in [4.78, 5) is 3.95. The Hall–Kier alpha value is -1.84. The third-order valence-electron chi connectivity index (χ3n) is 1.53. The van der Waals surface area contributed by atoms with Gasteiger partial charge in [0.1, 0.15) is 12.1 Å². The molecule has 0 aliphatic heterocycles. The largest absolute Gasteiger partial charge is 0.508 e. The number of rotatable bonds is 1. The number of nitrogens with one attached hydrogen (secondary N) is 1. The Labute approximate surface area is 68.9 Å². The lowest BCUT2D eigenvalue weighted by molar-refractivity contribution is 0.475. The fraction of sp³-hybridized carbons (Fsp3) is 0. The molecule has 60 valence electrons. The van der Waals surface area contributed by atoms with Crippen molar-refractivity contribution in [2.75, 3.05) is 0 Å². The molecule has 0 atom stereocenters. The van der Waals surface area contributed by atoms with Crippen molar-refractivity contribution < 1.29 is 5.11 Å². The smallest absolute Gasteiger partial charge is 0.155 e. The van der Waals surface area contributed by atoms with Crippen molar-refractivity contribution >= 4 is 0 Å². The summed E-state index contributed by atoms with van der Waals surface area (Å²) >= 11 is 0. The van der Waals surface area contributed by atoms with E-state index in [0.29, 0.717) is 5.82 Å². The summed E-state index contributed by atoms with van der Waals surface area (Å²) in [6.07, 6.45) is 1.43. The topological polar surface area (TPSA) is 61.8 Å². The zero-order valence-electron chi connectivity index (χ0n) is 6.23. The first kappa shape index (κ1) is 6.84. The van der Waals surface area contributed by atoms with Gasteiger partial charge in [-0.3, -0.25) is 5.10 Å². The van der Waals surface area contributed by atoms with E-state index < -0.39 is 0 Å². The summed E-state index contributed by atoms with van der Waals surface area (Å²) in [5.74, 6) is 0.884. The number of aromatic amines is 1. The maximum absolute atomic E-state index is 9.15. The minimum atomic E-state index is 0.226. The molecule has 0 bridgehead atoms. The van der Waals surface area contributed by atoms with Crippen LogP contribution in [0.3, 0.4) is 0 Å². The molecule has 0 unspecified atom stereocenters. The van der Waals surface area contributed by atoms with Gasteiger partial charge in [-0.15, -0.1) is 0 Å². The van der Waals surface area contributed by atoms with Crippen molar-refractivity contribution in [2.24, 2.45) is 0 Å². The Kier molecular flexibility index (Phi) is 1.51. The van der Waals surface area contributed by atoms with Crippen LogP contribution in [0, 0.1) is 0 Å². The van der Waals surface area contributed by atoms with Gasteiger partial charge in [0.2, 0.25) is 0 Å². The van der Waals surface area contributed by atoms with Gasteiger partial charge in [-0.25, -0.2) is 4.98 Å². The highest BCUT2D eigenvalue weighted by atomic mass is 16.3. The van der Waals surface area contributed by atoms with E-state index in [4.69, 9.17) is 5.11 Å². The maximum Gasteiger partial charge on any atom is 0.155 e. The molecule has 2 N–H and O–H groups in total. The van der Waals surface area contributed by atoms with Crippen LogP contribution in [0.5, 0.6) is 5.75 Å². The first-order valence-corrected chi connectivity index (χ1v) is 3.51. The predicted molar refractivity (Wildman–Crippen MR) is 43.5 cm³/mol. The SMILES string of the molecule is Oc1cccc(-c2ncn[nH]2)c1. The molecule has 0 amide bonds. The Morgan fingerprint density at radius 1 is 1.33 bits per heavy atom. The lowest BCUT2D eigenvalue weighted by Crippen LogP contribution is -1.79. The molecule has 12 heavy (non-hydrogen) atoms. The highest BCUT2D eigenvalue weighted by molar-refractivity contribution is 5.56. The molecule has 1 heterocycles. The summed E-state index contributed by atoms with van der Waals surface area (Å²) < 4.78 is 0. The number of hydrogen-bond donors (Lipinski definition) is 2. The van der Waals surface area contributed by atoms with E-state index in [1.165, 1.54) is 6.33 Å². The van der Waals surface area contributed by atoms with Crippen LogP contribution in [0.25, 0.3) is 11.4 Å². The zero-order valence-corrected chi connectivity index (χ0v) is 6.23. The molecular weight excluding hydrogens is 154 g/mol. The summed E-state index contributed by atoms with van der Waals surface area (Å²) in [5, 5.41) is 15.6. The molecule has 4 heteroatoms. The van der Waals surface area contributed by atoms with Crippen molar-refractivity contribution in [1.82, 2.24) is 15.2 Å². The Morgan fingerprint density at radius 3 is 2.92 bits per heavy atom. The summed E-state index contributed by atoms with van der Waals surface area (Å²) in [5.41, 5.74) is 0.826. The van der Waals surface area contributed by atoms with Crippen molar-refractivity contribution in [3.05, 3.63) is 30.6 Å². The van der Waals surface area contributed by atoms with Gasteiger partial charge in [-0.1, -0.05) is 12.1 Å². The van der Waals surface area contributed by atoms with Crippen LogP contribution in [0.15, 0.2) is 30.6 Å². The number of aromatic hydroxyl groups is 1. The van der Waals surface area contributed by atoms with E-state index in [0.717, 1.165) is 5.56 Å². The van der Waals surface area contributed by atoms with E-state index >= 15 is 0 Å². The minimum Gasteiger partial charge on any atom is -0.508 e. The summed E-state index contributed by atoms with van der Waals surface area (Å²) in [7, 11) is 0. The summed E-state index contributed by atoms with van der Waals surface area (Å²) in [6, 6.07) is 6.84. The lowest BCUT2D eigenvalue weighted by atomic mass is 10.2. The highest BCUT2D eigenvalue weighted by Gasteiger charge is 1.99. The molecule has 0 aliphatic carbocycles. The molecule has 0 saturated heterocycles. The molecule has 2 aromatic rings. The summed E-state index contributed by atoms with van der Waals surface area (Å²) in [6.45, 7) is 0. The van der Waals surface area contributed by atoms with Crippen LogP contribution in [-0.2, 0) is 0 Å². The third-order valence-corrected chi connectivity index (χ3v) is 1.53. The fourth-order valence-corrected chi connectivity index (χ4v) is 0.998. The van der Waals surface area contributed by atoms with Crippen molar-refractivity contribution in [3.63, 3.8) is 0 Å². The molecule has 4 nitrogen and oxygen atoms in total. The normalized spacial score (nSPS) is 10.0. The number of benzene rings is 1. The quantitative estimate of drug-likeness (QED) is 0.660. The van der Waals surface area contributed by atoms with Crippen LogP contribution in [-0.4, -0.2) is 20.3 Å². The van der Waals surface area contributed by atoms with E-state index in [2.05, 4.69) is 15.2 Å². The molecule has 0 spiro atoms. The van der Waals surface area contributed by atoms with Crippen molar-refractivity contribution in [3.8, 4) is 17.1 Å². The number of hydrogen-bond acceptors (Lipinski definition) is 3. The molecule has 0 radical (unpaired) electrons. The Morgan fingerprint density at radius 2 is 2.25 bits per heavy atom. The van der Waals surface area contributed by atoms with E-state index in [9.17, 15) is 0 Å². The van der Waals surface area contributed by atoms with Gasteiger partial charge in [-0.05, 0) is 12.1 Å². The van der Waals surface area contributed by atoms with Gasteiger partial charge in [-0.2, -0.15) is 5.10 Å². The number of phenolic OH excluding ortho intramolecular Hbond substituents is 1. The molecule has 1 aromatic carbocycles. The predicted octanol–water partition coefficient (Wildman–Crippen LogP) is 1.18. The molecule has 0 fully saturated rings. The number of H-pyrrole nitrogens is 1. The third kappa shape index (κ3) is 1.14. The molecule has 0 aliphatic rings. The van der Waals surface area contributed by atoms with Gasteiger partial charge in [0.15, 0.2) is 5.82 Å². The second-order valence-electron chi connectivity index (χ2n) is 2.38. The van der Waals surface area contributed by atoms with Crippen molar-refractivity contribution in [1.29, 1.82) is 0 Å². The van der Waals surface area contributed by atoms with Gasteiger partial charge < -0.3 is 5.11 Å². The van der Waals surface area contributed by atoms with Gasteiger partial charge in [0.05, 0.1) is 0 Å². The average molecular weight is 161 g/mol. The number of nitrogens with zero attached hydrogens (tertiary/aromatic N) is 2. The van der Waals surface area contributed by atoms with E-state index in [1.54, 1.807) is 18.2 Å². The standard InChI is InChI=1S/C8H7N3O/c12-7-3-1-2-6(4-7)8-9-5-10-11-8/h1-5,12H,(H,9,10,11). The van der Waals surface area contributed by atoms with Crippen LogP contribution >= 0.6 is 0 Å². The average Bonchev–Trinajstić information content (AvgIpc) is 2.56. The van der Waals surface area contributed by atoms with Crippen LogP contribution in [0.4, 0.5) is 0 Å². The minimum absolute atomic E-state index is 0.226. The second kappa shape index (κ2) is 2.65. The second-order valence-corrected chi connectivity index (χ2v) is 2.38. The molecule has 2 rings (SSSR count). The zero-order chi connectivity index (χ0) is 8.39. The number of aromatic nitrogens is 3. The first-order chi connectivity index (χ1) is 5.86. The molecule has 0 saturated carbocycles. The fourth-order valence-electron chi connectivity index (χ4n) is 0.998. The molecular formula is C8H7N3O. The monoisotopic (exact) mass is 161 g/mol. The van der Waals surface area contributed by atoms with E-state index in [1.807, 2.05) is 6.07 Å². The highest BCUT2D eigenvalue weighted by Crippen LogP contribution is 2.18. The maximum atomic E-state index is 9.15. The van der Waals surface area contributed by atoms with Gasteiger partial charge >= 0.3 is 0 Å². The van der Waals surface area contributed by atoms with Crippen molar-refractivity contribution in [2.45, 2.75) is 0 Å². The van der Waals surface area contributed by atoms with E-state index in [-0.39, 0.29) is 5.75 Å². The van der Waals surface area contributed by atoms with Crippen LogP contribution in [0.2, 0.25) is 0 Å². The Balaban J connectivity index is 2.48. The lowest BCUT2D eigenvalue weighted by Gasteiger charge is -1.95. The van der Waals surface area contributed by atoms with Crippen LogP contribution < -0.4 is 0 Å². The van der Waals surface area contributed by atoms with Gasteiger partial charge in [0, 0.05) is 5.56 Å². The number of phenols is 1. The van der Waals surface area contributed by atoms with Gasteiger partial charge in [0.25, 0.3) is 0 Å². The first-order valence-electron chi connectivity index (χ1n) is 3.51. The Bertz CT molecular complexity index is 370. The molecule has 1 aromatic heterocycles.